The van der Waals surface area contributed by atoms with E-state index in [1.54, 1.807) is 24.6 Å². The smallest absolute Gasteiger partial charge is 0.299 e. The number of aromatic nitrogens is 4. The molecule has 0 aliphatic carbocycles. The SMILES string of the molecule is C/C(Cl)=C/Cn1c(N/N=C(/C)c2ccccc2)nc2c1c(=O)n(C)c(=O)n2C. The molecule has 1 N–H and O–H groups in total. The Morgan fingerprint density at radius 3 is 2.50 bits per heavy atom. The Bertz CT molecular complexity index is 1200. The second-order valence-electron chi connectivity index (χ2n) is 6.39. The number of hydrogen-bond acceptors (Lipinski definition) is 5. The number of rotatable bonds is 5. The van der Waals surface area contributed by atoms with Crippen molar-refractivity contribution in [2.45, 2.75) is 20.4 Å². The molecule has 0 bridgehead atoms. The fourth-order valence-electron chi connectivity index (χ4n) is 2.80. The van der Waals surface area contributed by atoms with Crippen LogP contribution in [0.3, 0.4) is 0 Å². The molecule has 3 aromatic rings. The van der Waals surface area contributed by atoms with Crippen LogP contribution in [0.5, 0.6) is 0 Å². The monoisotopic (exact) mass is 400 g/mol. The molecule has 2 heterocycles. The average Bonchev–Trinajstić information content (AvgIpc) is 3.06. The molecule has 28 heavy (non-hydrogen) atoms. The third-order valence-electron chi connectivity index (χ3n) is 4.42. The largest absolute Gasteiger partial charge is 0.332 e. The zero-order chi connectivity index (χ0) is 20.4. The normalized spacial score (nSPS) is 12.6. The van der Waals surface area contributed by atoms with Gasteiger partial charge >= 0.3 is 5.69 Å². The summed E-state index contributed by atoms with van der Waals surface area (Å²) in [6, 6.07) is 9.68. The lowest BCUT2D eigenvalue weighted by molar-refractivity contribution is 0.703. The first kappa shape index (κ1) is 19.6. The van der Waals surface area contributed by atoms with Gasteiger partial charge in [-0.1, -0.05) is 48.0 Å². The van der Waals surface area contributed by atoms with E-state index in [1.165, 1.54) is 11.6 Å². The minimum absolute atomic E-state index is 0.281. The number of hydrazone groups is 1. The number of benzene rings is 1. The highest BCUT2D eigenvalue weighted by molar-refractivity contribution is 6.29. The number of hydrogen-bond donors (Lipinski definition) is 1. The number of nitrogens with one attached hydrogen (secondary N) is 1. The van der Waals surface area contributed by atoms with Crippen LogP contribution in [0.2, 0.25) is 0 Å². The summed E-state index contributed by atoms with van der Waals surface area (Å²) in [5.74, 6) is 0.345. The zero-order valence-corrected chi connectivity index (χ0v) is 16.9. The van der Waals surface area contributed by atoms with Gasteiger partial charge in [0.2, 0.25) is 5.95 Å². The molecule has 0 aliphatic rings. The third-order valence-corrected chi connectivity index (χ3v) is 4.57. The van der Waals surface area contributed by atoms with Gasteiger partial charge in [-0.15, -0.1) is 0 Å². The van der Waals surface area contributed by atoms with Gasteiger partial charge in [-0.3, -0.25) is 18.5 Å². The van der Waals surface area contributed by atoms with E-state index in [-0.39, 0.29) is 5.65 Å². The van der Waals surface area contributed by atoms with Crippen LogP contribution in [0, 0.1) is 0 Å². The maximum Gasteiger partial charge on any atom is 0.332 e. The van der Waals surface area contributed by atoms with Crippen LogP contribution < -0.4 is 16.7 Å². The van der Waals surface area contributed by atoms with Crippen molar-refractivity contribution >= 4 is 34.4 Å². The van der Waals surface area contributed by atoms with Gasteiger partial charge in [0.05, 0.1) is 5.71 Å². The van der Waals surface area contributed by atoms with Crippen molar-refractivity contribution in [3.8, 4) is 0 Å². The summed E-state index contributed by atoms with van der Waals surface area (Å²) in [5.41, 5.74) is 4.34. The van der Waals surface area contributed by atoms with E-state index < -0.39 is 11.2 Å². The molecule has 0 fully saturated rings. The maximum atomic E-state index is 12.7. The predicted octanol–water partition coefficient (Wildman–Crippen LogP) is 2.41. The van der Waals surface area contributed by atoms with Gasteiger partial charge in [0.15, 0.2) is 11.2 Å². The topological polar surface area (TPSA) is 86.2 Å². The summed E-state index contributed by atoms with van der Waals surface area (Å²) >= 11 is 5.97. The van der Waals surface area contributed by atoms with E-state index in [4.69, 9.17) is 11.6 Å². The van der Waals surface area contributed by atoms with Crippen molar-refractivity contribution < 1.29 is 0 Å². The van der Waals surface area contributed by atoms with Gasteiger partial charge < -0.3 is 0 Å². The molecule has 1 aromatic carbocycles. The van der Waals surface area contributed by atoms with Gasteiger partial charge in [-0.05, 0) is 19.4 Å². The average molecular weight is 401 g/mol. The first-order chi connectivity index (χ1) is 13.3. The van der Waals surface area contributed by atoms with Crippen molar-refractivity contribution in [2.75, 3.05) is 5.43 Å². The van der Waals surface area contributed by atoms with Crippen LogP contribution in [-0.4, -0.2) is 24.4 Å². The quantitative estimate of drug-likeness (QED) is 0.526. The number of halogens is 1. The second kappa shape index (κ2) is 7.85. The van der Waals surface area contributed by atoms with Crippen LogP contribution in [0.15, 0.2) is 56.1 Å². The fourth-order valence-corrected chi connectivity index (χ4v) is 2.87. The Morgan fingerprint density at radius 1 is 1.18 bits per heavy atom. The lowest BCUT2D eigenvalue weighted by Gasteiger charge is -2.07. The van der Waals surface area contributed by atoms with Crippen LogP contribution in [0.25, 0.3) is 11.2 Å². The Balaban J connectivity index is 2.16. The third kappa shape index (κ3) is 3.63. The van der Waals surface area contributed by atoms with Crippen molar-refractivity contribution in [1.29, 1.82) is 0 Å². The van der Waals surface area contributed by atoms with Crippen molar-refractivity contribution in [3.05, 3.63) is 67.8 Å². The summed E-state index contributed by atoms with van der Waals surface area (Å²) in [7, 11) is 3.02. The number of anilines is 1. The molecule has 146 valence electrons. The van der Waals surface area contributed by atoms with Crippen LogP contribution in [0.4, 0.5) is 5.95 Å². The van der Waals surface area contributed by atoms with Crippen LogP contribution in [0.1, 0.15) is 19.4 Å². The van der Waals surface area contributed by atoms with Gasteiger partial charge in [-0.25, -0.2) is 10.2 Å². The van der Waals surface area contributed by atoms with Gasteiger partial charge in [0, 0.05) is 25.7 Å². The summed E-state index contributed by atoms with van der Waals surface area (Å²) in [6.45, 7) is 3.92. The Morgan fingerprint density at radius 2 is 1.86 bits per heavy atom. The van der Waals surface area contributed by atoms with E-state index >= 15 is 0 Å². The molecule has 0 atom stereocenters. The first-order valence-electron chi connectivity index (χ1n) is 8.65. The molecule has 0 radical (unpaired) electrons. The Labute approximate surface area is 166 Å². The minimum atomic E-state index is -0.443. The minimum Gasteiger partial charge on any atom is -0.299 e. The molecule has 2 aromatic heterocycles. The van der Waals surface area contributed by atoms with E-state index in [9.17, 15) is 9.59 Å². The lowest BCUT2D eigenvalue weighted by atomic mass is 10.1. The number of nitrogens with zero attached hydrogens (tertiary/aromatic N) is 5. The highest BCUT2D eigenvalue weighted by Crippen LogP contribution is 2.17. The second-order valence-corrected chi connectivity index (χ2v) is 6.99. The van der Waals surface area contributed by atoms with E-state index in [0.29, 0.717) is 23.0 Å². The molecule has 0 amide bonds. The first-order valence-corrected chi connectivity index (χ1v) is 9.03. The molecule has 3 rings (SSSR count). The molecular weight excluding hydrogens is 380 g/mol. The zero-order valence-electron chi connectivity index (χ0n) is 16.1. The van der Waals surface area contributed by atoms with Crippen molar-refractivity contribution in [3.63, 3.8) is 0 Å². The summed E-state index contributed by atoms with van der Waals surface area (Å²) in [6.07, 6.45) is 1.76. The molecule has 8 nitrogen and oxygen atoms in total. The van der Waals surface area contributed by atoms with E-state index in [0.717, 1.165) is 15.8 Å². The molecule has 0 aliphatic heterocycles. The number of imidazole rings is 1. The van der Waals surface area contributed by atoms with Gasteiger partial charge in [0.25, 0.3) is 5.56 Å². The molecule has 0 saturated heterocycles. The van der Waals surface area contributed by atoms with Gasteiger partial charge in [0.1, 0.15) is 0 Å². The molecule has 0 unspecified atom stereocenters. The number of aryl methyl sites for hydroxylation is 1. The predicted molar refractivity (Wildman–Crippen MR) is 112 cm³/mol. The number of allylic oxidation sites excluding steroid dienone is 2. The van der Waals surface area contributed by atoms with Crippen molar-refractivity contribution in [1.82, 2.24) is 18.7 Å². The molecule has 0 saturated carbocycles. The molecule has 0 spiro atoms. The summed E-state index contributed by atoms with van der Waals surface area (Å²) in [4.78, 5) is 29.4. The van der Waals surface area contributed by atoms with Crippen molar-refractivity contribution in [2.24, 2.45) is 19.2 Å². The highest BCUT2D eigenvalue weighted by atomic mass is 35.5. The maximum absolute atomic E-state index is 12.7. The van der Waals surface area contributed by atoms with Gasteiger partial charge in [-0.2, -0.15) is 10.1 Å². The standard InChI is InChI=1S/C19H21ClN6O2/c1-12(20)10-11-26-15-16(24(3)19(28)25(4)17(15)27)21-18(26)23-22-13(2)14-8-6-5-7-9-14/h5-10H,11H2,1-4H3,(H,21,23)/b12-10-,22-13-. The number of fused-ring (bicyclic) bond motifs is 1. The van der Waals surface area contributed by atoms with Crippen LogP contribution >= 0.6 is 11.6 Å². The van der Waals surface area contributed by atoms with E-state index in [2.05, 4.69) is 15.5 Å². The Hall–Kier alpha value is -3.13. The molecule has 9 heteroatoms. The van der Waals surface area contributed by atoms with E-state index in [1.807, 2.05) is 37.3 Å². The van der Waals surface area contributed by atoms with Crippen LogP contribution in [-0.2, 0) is 20.6 Å². The lowest BCUT2D eigenvalue weighted by Crippen LogP contribution is -2.37. The summed E-state index contributed by atoms with van der Waals surface area (Å²) in [5, 5.41) is 4.97. The Kier molecular flexibility index (Phi) is 5.51. The molecular formula is C19H21ClN6O2. The summed E-state index contributed by atoms with van der Waals surface area (Å²) < 4.78 is 4.05. The highest BCUT2D eigenvalue weighted by Gasteiger charge is 2.18. The fraction of sp³-hybridized carbons (Fsp3) is 0.263.